The van der Waals surface area contributed by atoms with Gasteiger partial charge in [-0.05, 0) is 108 Å². The van der Waals surface area contributed by atoms with Gasteiger partial charge in [0.15, 0.2) is 0 Å². The van der Waals surface area contributed by atoms with Gasteiger partial charge in [0.2, 0.25) is 0 Å². The first kappa shape index (κ1) is 33.7. The molecule has 0 saturated heterocycles. The summed E-state index contributed by atoms with van der Waals surface area (Å²) in [6.45, 7) is 0. The van der Waals surface area contributed by atoms with Crippen LogP contribution in [0.1, 0.15) is 0 Å². The van der Waals surface area contributed by atoms with E-state index >= 15 is 0 Å². The SMILES string of the molecule is Ic1ccc2c(c1)c1ccccc1n2-c1ccccc1.NC1=CC=C[C+]=C1.c1ccc(Nc2ccc3c(c2)c2ccccc2n3-c2ccccc2)cc1. The van der Waals surface area contributed by atoms with Crippen LogP contribution in [0.5, 0.6) is 0 Å². The zero-order valence-electron chi connectivity index (χ0n) is 28.9. The van der Waals surface area contributed by atoms with Gasteiger partial charge >= 0.3 is 0 Å². The van der Waals surface area contributed by atoms with Gasteiger partial charge in [0.1, 0.15) is 17.8 Å². The largest absolute Gasteiger partial charge is 0.356 e. The number of anilines is 2. The topological polar surface area (TPSA) is 47.9 Å². The maximum absolute atomic E-state index is 5.33. The van der Waals surface area contributed by atoms with E-state index < -0.39 is 0 Å². The van der Waals surface area contributed by atoms with E-state index in [1.807, 2.05) is 36.4 Å². The molecule has 254 valence electrons. The molecule has 2 heterocycles. The van der Waals surface area contributed by atoms with Crippen LogP contribution in [0.25, 0.3) is 55.0 Å². The van der Waals surface area contributed by atoms with Gasteiger partial charge in [-0.2, -0.15) is 0 Å². The molecule has 3 N–H and O–H groups in total. The predicted molar refractivity (Wildman–Crippen MR) is 233 cm³/mol. The van der Waals surface area contributed by atoms with E-state index in [4.69, 9.17) is 5.73 Å². The van der Waals surface area contributed by atoms with Gasteiger partial charge in [-0.1, -0.05) is 91.0 Å². The molecule has 0 amide bonds. The first-order valence-corrected chi connectivity index (χ1v) is 18.6. The Bertz CT molecular complexity index is 2760. The number of halogens is 1. The second kappa shape index (κ2) is 15.5. The summed E-state index contributed by atoms with van der Waals surface area (Å²) in [5.74, 6) is 0. The zero-order chi connectivity index (χ0) is 36.0. The molecule has 5 heteroatoms. The van der Waals surface area contributed by atoms with E-state index in [-0.39, 0.29) is 0 Å². The van der Waals surface area contributed by atoms with Gasteiger partial charge in [-0.25, -0.2) is 0 Å². The van der Waals surface area contributed by atoms with Crippen molar-refractivity contribution in [1.29, 1.82) is 0 Å². The average molecular weight is 796 g/mol. The van der Waals surface area contributed by atoms with Crippen molar-refractivity contribution in [2.75, 3.05) is 5.32 Å². The number of nitrogens with zero attached hydrogens (tertiary/aromatic N) is 2. The summed E-state index contributed by atoms with van der Waals surface area (Å²) >= 11 is 2.38. The Labute approximate surface area is 323 Å². The van der Waals surface area contributed by atoms with Crippen molar-refractivity contribution in [2.45, 2.75) is 0 Å². The van der Waals surface area contributed by atoms with Crippen molar-refractivity contribution in [3.05, 3.63) is 216 Å². The molecule has 0 saturated carbocycles. The van der Waals surface area contributed by atoms with Crippen LogP contribution in [-0.2, 0) is 0 Å². The Morgan fingerprint density at radius 3 is 1.49 bits per heavy atom. The molecule has 0 atom stereocenters. The zero-order valence-corrected chi connectivity index (χ0v) is 31.1. The van der Waals surface area contributed by atoms with Crippen LogP contribution in [0.2, 0.25) is 0 Å². The Hall–Kier alpha value is -6.40. The molecule has 2 aromatic heterocycles. The maximum Gasteiger partial charge on any atom is 0.144 e. The Morgan fingerprint density at radius 1 is 0.472 bits per heavy atom. The first-order chi connectivity index (χ1) is 26.1. The van der Waals surface area contributed by atoms with Gasteiger partial charge in [-0.3, -0.25) is 0 Å². The highest BCUT2D eigenvalue weighted by Crippen LogP contribution is 2.35. The van der Waals surface area contributed by atoms with E-state index in [9.17, 15) is 0 Å². The van der Waals surface area contributed by atoms with Crippen LogP contribution in [0.4, 0.5) is 11.4 Å². The lowest BCUT2D eigenvalue weighted by molar-refractivity contribution is 1.18. The Kier molecular flexibility index (Phi) is 9.84. The highest BCUT2D eigenvalue weighted by Gasteiger charge is 2.13. The molecule has 0 spiro atoms. The standard InChI is InChI=1S/C24H18N2.C18H12IN.C6H6N/c1-3-9-18(10-4-1)25-19-15-16-24-22(17-19)21-13-7-8-14-23(21)26(24)20-11-5-2-6-12-20;19-13-10-11-18-16(12-13)15-8-4-5-9-17(15)20(18)14-6-2-1-3-7-14;7-6-4-2-1-3-5-6/h1-17,25H;1-12H;1-2,4-5H,7H2/q;;+1. The van der Waals surface area contributed by atoms with Crippen molar-refractivity contribution in [3.8, 4) is 11.4 Å². The first-order valence-electron chi connectivity index (χ1n) is 17.5. The second-order valence-electron chi connectivity index (χ2n) is 12.6. The van der Waals surface area contributed by atoms with Crippen molar-refractivity contribution < 1.29 is 0 Å². The summed E-state index contributed by atoms with van der Waals surface area (Å²) in [6, 6.07) is 61.8. The summed E-state index contributed by atoms with van der Waals surface area (Å²) < 4.78 is 5.93. The second-order valence-corrected chi connectivity index (χ2v) is 13.8. The molecule has 0 aliphatic heterocycles. The van der Waals surface area contributed by atoms with Crippen LogP contribution in [0.15, 0.2) is 206 Å². The summed E-state index contributed by atoms with van der Waals surface area (Å²) in [7, 11) is 0. The molecule has 0 unspecified atom stereocenters. The van der Waals surface area contributed by atoms with Gasteiger partial charge in [0.05, 0.1) is 28.1 Å². The van der Waals surface area contributed by atoms with Crippen LogP contribution >= 0.6 is 22.6 Å². The number of nitrogens with one attached hydrogen (secondary N) is 1. The number of fused-ring (bicyclic) bond motifs is 6. The Balaban J connectivity index is 0.000000131. The third kappa shape index (κ3) is 7.22. The van der Waals surface area contributed by atoms with E-state index in [0.29, 0.717) is 0 Å². The molecule has 10 rings (SSSR count). The number of rotatable bonds is 4. The predicted octanol–water partition coefficient (Wildman–Crippen LogP) is 12.7. The average Bonchev–Trinajstić information content (AvgIpc) is 3.72. The molecule has 7 aromatic carbocycles. The number of nitrogens with two attached hydrogens (primary N) is 1. The van der Waals surface area contributed by atoms with E-state index in [2.05, 4.69) is 201 Å². The van der Waals surface area contributed by atoms with Crippen LogP contribution < -0.4 is 11.1 Å². The van der Waals surface area contributed by atoms with Gasteiger partial charge < -0.3 is 20.2 Å². The minimum Gasteiger partial charge on any atom is -0.356 e. The lowest BCUT2D eigenvalue weighted by Gasteiger charge is -2.09. The van der Waals surface area contributed by atoms with Crippen LogP contribution in [-0.4, -0.2) is 9.13 Å². The highest BCUT2D eigenvalue weighted by atomic mass is 127. The number of aromatic nitrogens is 2. The molecule has 0 bridgehead atoms. The monoisotopic (exact) mass is 795 g/mol. The van der Waals surface area contributed by atoms with E-state index in [1.54, 1.807) is 6.08 Å². The number of hydrogen-bond acceptors (Lipinski definition) is 2. The highest BCUT2D eigenvalue weighted by molar-refractivity contribution is 14.1. The van der Waals surface area contributed by atoms with Crippen molar-refractivity contribution in [2.24, 2.45) is 5.73 Å². The molecule has 0 fully saturated rings. The summed E-state index contributed by atoms with van der Waals surface area (Å²) in [6.07, 6.45) is 10.1. The third-order valence-electron chi connectivity index (χ3n) is 9.13. The van der Waals surface area contributed by atoms with Gasteiger partial charge in [-0.15, -0.1) is 0 Å². The van der Waals surface area contributed by atoms with Gasteiger partial charge in [0.25, 0.3) is 0 Å². The number of para-hydroxylation sites is 5. The molecule has 9 aromatic rings. The molecular weight excluding hydrogens is 759 g/mol. The smallest absolute Gasteiger partial charge is 0.144 e. The summed E-state index contributed by atoms with van der Waals surface area (Å²) in [4.78, 5) is 0. The summed E-state index contributed by atoms with van der Waals surface area (Å²) in [5, 5.41) is 8.65. The molecule has 1 aliphatic carbocycles. The number of allylic oxidation sites excluding steroid dienone is 5. The van der Waals surface area contributed by atoms with E-state index in [1.165, 1.54) is 58.6 Å². The van der Waals surface area contributed by atoms with Crippen LogP contribution in [0.3, 0.4) is 0 Å². The fourth-order valence-corrected chi connectivity index (χ4v) is 7.29. The lowest BCUT2D eigenvalue weighted by Crippen LogP contribution is -1.93. The molecule has 1 aliphatic rings. The fourth-order valence-electron chi connectivity index (χ4n) is 6.80. The molecule has 4 nitrogen and oxygen atoms in total. The normalized spacial score (nSPS) is 11.8. The molecular formula is C48H36IN4+. The lowest BCUT2D eigenvalue weighted by atomic mass is 10.1. The maximum atomic E-state index is 5.33. The van der Waals surface area contributed by atoms with Gasteiger partial charge in [0, 0.05) is 60.0 Å². The molecule has 0 radical (unpaired) electrons. The number of hydrogen-bond donors (Lipinski definition) is 2. The van der Waals surface area contributed by atoms with Crippen molar-refractivity contribution in [1.82, 2.24) is 9.13 Å². The van der Waals surface area contributed by atoms with Crippen LogP contribution in [0, 0.1) is 9.65 Å². The van der Waals surface area contributed by atoms with E-state index in [0.717, 1.165) is 17.1 Å². The molecule has 53 heavy (non-hydrogen) atoms. The minimum atomic E-state index is 0.766. The third-order valence-corrected chi connectivity index (χ3v) is 9.80. The van der Waals surface area contributed by atoms with Crippen molar-refractivity contribution >= 4 is 77.6 Å². The summed E-state index contributed by atoms with van der Waals surface area (Å²) in [5.41, 5.74) is 15.6. The Morgan fingerprint density at radius 2 is 0.962 bits per heavy atom. The minimum absolute atomic E-state index is 0.766. The van der Waals surface area contributed by atoms with Crippen molar-refractivity contribution in [3.63, 3.8) is 0 Å². The quantitative estimate of drug-likeness (QED) is 0.138. The fraction of sp³-hybridized carbons (Fsp3) is 0. The number of benzene rings is 7.